The van der Waals surface area contributed by atoms with Crippen LogP contribution in [0.25, 0.3) is 0 Å². The van der Waals surface area contributed by atoms with Gasteiger partial charge in [0.1, 0.15) is 6.07 Å². The fourth-order valence-electron chi connectivity index (χ4n) is 1.86. The molecular weight excluding hydrogens is 285 g/mol. The van der Waals surface area contributed by atoms with Gasteiger partial charge in [-0.1, -0.05) is 13.3 Å². The number of alkyl halides is 3. The molecule has 114 valence electrons. The van der Waals surface area contributed by atoms with Crippen molar-refractivity contribution < 1.29 is 23.1 Å². The lowest BCUT2D eigenvalue weighted by Crippen LogP contribution is -2.23. The van der Waals surface area contributed by atoms with Crippen molar-refractivity contribution in [1.82, 2.24) is 0 Å². The molecule has 0 aliphatic rings. The number of hydrogen-bond donors (Lipinski definition) is 2. The Morgan fingerprint density at radius 3 is 2.62 bits per heavy atom. The van der Waals surface area contributed by atoms with Gasteiger partial charge in [0.05, 0.1) is 22.7 Å². The van der Waals surface area contributed by atoms with E-state index in [1.165, 1.54) is 0 Å². The van der Waals surface area contributed by atoms with E-state index in [1.54, 1.807) is 6.07 Å². The molecule has 0 amide bonds. The Labute approximate surface area is 120 Å². The van der Waals surface area contributed by atoms with Gasteiger partial charge in [-0.15, -0.1) is 0 Å². The van der Waals surface area contributed by atoms with Crippen LogP contribution >= 0.6 is 0 Å². The standard InChI is InChI=1S/C14H15F3N2O2/c1-2-3-9(13(20)21)8-19-12-5-4-11(14(15,16)17)6-10(12)7-18/h4-6,9,19H,2-3,8H2,1H3,(H,20,21). The van der Waals surface area contributed by atoms with Gasteiger partial charge < -0.3 is 10.4 Å². The van der Waals surface area contributed by atoms with Gasteiger partial charge >= 0.3 is 12.1 Å². The molecule has 0 fully saturated rings. The summed E-state index contributed by atoms with van der Waals surface area (Å²) in [5.74, 6) is -1.63. The largest absolute Gasteiger partial charge is 0.481 e. The number of nitriles is 1. The summed E-state index contributed by atoms with van der Waals surface area (Å²) in [4.78, 5) is 11.0. The van der Waals surface area contributed by atoms with Crippen LogP contribution in [0.5, 0.6) is 0 Å². The molecule has 1 aromatic carbocycles. The minimum atomic E-state index is -4.52. The molecule has 0 heterocycles. The number of nitrogens with zero attached hydrogens (tertiary/aromatic N) is 1. The second-order valence-electron chi connectivity index (χ2n) is 4.57. The second-order valence-corrected chi connectivity index (χ2v) is 4.57. The molecule has 1 aromatic rings. The number of halogens is 3. The summed E-state index contributed by atoms with van der Waals surface area (Å²) in [5.41, 5.74) is -0.869. The Kier molecular flexibility index (Phi) is 5.59. The third kappa shape index (κ3) is 4.67. The maximum Gasteiger partial charge on any atom is 0.416 e. The minimum absolute atomic E-state index is 0.0587. The van der Waals surface area contributed by atoms with E-state index in [1.807, 2.05) is 6.92 Å². The molecule has 7 heteroatoms. The van der Waals surface area contributed by atoms with E-state index in [-0.39, 0.29) is 17.8 Å². The maximum atomic E-state index is 12.5. The first-order chi connectivity index (χ1) is 9.79. The monoisotopic (exact) mass is 300 g/mol. The van der Waals surface area contributed by atoms with Crippen LogP contribution in [-0.2, 0) is 11.0 Å². The van der Waals surface area contributed by atoms with Crippen LogP contribution in [0.15, 0.2) is 18.2 Å². The highest BCUT2D eigenvalue weighted by Gasteiger charge is 2.31. The topological polar surface area (TPSA) is 73.1 Å². The first-order valence-electron chi connectivity index (χ1n) is 6.37. The van der Waals surface area contributed by atoms with E-state index in [0.29, 0.717) is 12.8 Å². The van der Waals surface area contributed by atoms with Crippen molar-refractivity contribution in [3.63, 3.8) is 0 Å². The minimum Gasteiger partial charge on any atom is -0.481 e. The molecule has 0 spiro atoms. The molecule has 0 aliphatic heterocycles. The molecule has 1 unspecified atom stereocenters. The summed E-state index contributed by atoms with van der Waals surface area (Å²) in [6, 6.07) is 4.44. The Hall–Kier alpha value is -2.23. The lowest BCUT2D eigenvalue weighted by Gasteiger charge is -2.15. The summed E-state index contributed by atoms with van der Waals surface area (Å²) in [5, 5.41) is 20.7. The van der Waals surface area contributed by atoms with Crippen molar-refractivity contribution in [3.05, 3.63) is 29.3 Å². The van der Waals surface area contributed by atoms with Crippen molar-refractivity contribution in [2.24, 2.45) is 5.92 Å². The molecule has 0 aromatic heterocycles. The lowest BCUT2D eigenvalue weighted by atomic mass is 10.0. The summed E-state index contributed by atoms with van der Waals surface area (Å²) >= 11 is 0. The van der Waals surface area contributed by atoms with E-state index in [4.69, 9.17) is 10.4 Å². The van der Waals surface area contributed by atoms with Crippen LogP contribution in [0.2, 0.25) is 0 Å². The number of aliphatic carboxylic acids is 1. The van der Waals surface area contributed by atoms with Crippen LogP contribution in [0.4, 0.5) is 18.9 Å². The molecule has 2 N–H and O–H groups in total. The zero-order chi connectivity index (χ0) is 16.0. The van der Waals surface area contributed by atoms with Gasteiger partial charge in [0.25, 0.3) is 0 Å². The fraction of sp³-hybridized carbons (Fsp3) is 0.429. The third-order valence-corrected chi connectivity index (χ3v) is 2.99. The molecule has 0 saturated heterocycles. The fourth-order valence-corrected chi connectivity index (χ4v) is 1.86. The van der Waals surface area contributed by atoms with Gasteiger partial charge in [-0.3, -0.25) is 4.79 Å². The number of carboxylic acids is 1. The number of benzene rings is 1. The van der Waals surface area contributed by atoms with Crippen LogP contribution in [-0.4, -0.2) is 17.6 Å². The van der Waals surface area contributed by atoms with Crippen molar-refractivity contribution in [1.29, 1.82) is 5.26 Å². The maximum absolute atomic E-state index is 12.5. The number of carboxylic acid groups (broad SMARTS) is 1. The predicted octanol–water partition coefficient (Wildman–Crippen LogP) is 3.49. The molecule has 0 radical (unpaired) electrons. The number of carbonyl (C=O) groups is 1. The number of hydrogen-bond acceptors (Lipinski definition) is 3. The quantitative estimate of drug-likeness (QED) is 0.843. The van der Waals surface area contributed by atoms with Gasteiger partial charge in [-0.05, 0) is 24.6 Å². The van der Waals surface area contributed by atoms with Gasteiger partial charge in [0.2, 0.25) is 0 Å². The molecular formula is C14H15F3N2O2. The molecule has 0 bridgehead atoms. The second kappa shape index (κ2) is 6.97. The molecule has 4 nitrogen and oxygen atoms in total. The van der Waals surface area contributed by atoms with Crippen molar-refractivity contribution >= 4 is 11.7 Å². The average molecular weight is 300 g/mol. The lowest BCUT2D eigenvalue weighted by molar-refractivity contribution is -0.141. The van der Waals surface area contributed by atoms with Crippen LogP contribution in [0, 0.1) is 17.2 Å². The predicted molar refractivity (Wildman–Crippen MR) is 70.7 cm³/mol. The summed E-state index contributed by atoms with van der Waals surface area (Å²) < 4.78 is 37.6. The zero-order valence-corrected chi connectivity index (χ0v) is 11.4. The first-order valence-corrected chi connectivity index (χ1v) is 6.37. The number of rotatable bonds is 6. The molecule has 0 saturated carbocycles. The number of anilines is 1. The van der Waals surface area contributed by atoms with E-state index in [2.05, 4.69) is 5.32 Å². The summed E-state index contributed by atoms with van der Waals surface area (Å²) in [7, 11) is 0. The molecule has 21 heavy (non-hydrogen) atoms. The Morgan fingerprint density at radius 2 is 2.14 bits per heavy atom. The summed E-state index contributed by atoms with van der Waals surface area (Å²) in [6.45, 7) is 1.90. The van der Waals surface area contributed by atoms with Crippen LogP contribution in [0.1, 0.15) is 30.9 Å². The van der Waals surface area contributed by atoms with E-state index < -0.39 is 23.6 Å². The zero-order valence-electron chi connectivity index (χ0n) is 11.4. The molecule has 0 aliphatic carbocycles. The highest BCUT2D eigenvalue weighted by atomic mass is 19.4. The van der Waals surface area contributed by atoms with Gasteiger partial charge in [-0.2, -0.15) is 18.4 Å². The third-order valence-electron chi connectivity index (χ3n) is 2.99. The van der Waals surface area contributed by atoms with Crippen molar-refractivity contribution in [2.45, 2.75) is 25.9 Å². The SMILES string of the molecule is CCCC(CNc1ccc(C(F)(F)F)cc1C#N)C(=O)O. The smallest absolute Gasteiger partial charge is 0.416 e. The van der Waals surface area contributed by atoms with E-state index in [9.17, 15) is 18.0 Å². The normalized spacial score (nSPS) is 12.5. The Morgan fingerprint density at radius 1 is 1.48 bits per heavy atom. The number of nitrogens with one attached hydrogen (secondary N) is 1. The van der Waals surface area contributed by atoms with Crippen LogP contribution in [0.3, 0.4) is 0 Å². The molecule has 1 rings (SSSR count). The highest BCUT2D eigenvalue weighted by molar-refractivity contribution is 5.71. The average Bonchev–Trinajstić information content (AvgIpc) is 2.41. The van der Waals surface area contributed by atoms with Gasteiger partial charge in [-0.25, -0.2) is 0 Å². The molecule has 1 atom stereocenters. The van der Waals surface area contributed by atoms with Crippen molar-refractivity contribution in [2.75, 3.05) is 11.9 Å². The van der Waals surface area contributed by atoms with Gasteiger partial charge in [0.15, 0.2) is 0 Å². The van der Waals surface area contributed by atoms with E-state index in [0.717, 1.165) is 18.2 Å². The van der Waals surface area contributed by atoms with E-state index >= 15 is 0 Å². The highest BCUT2D eigenvalue weighted by Crippen LogP contribution is 2.31. The summed E-state index contributed by atoms with van der Waals surface area (Å²) in [6.07, 6.45) is -3.39. The van der Waals surface area contributed by atoms with Crippen molar-refractivity contribution in [3.8, 4) is 6.07 Å². The van der Waals surface area contributed by atoms with Gasteiger partial charge in [0, 0.05) is 6.54 Å². The Bertz CT molecular complexity index is 550. The van der Waals surface area contributed by atoms with Crippen LogP contribution < -0.4 is 5.32 Å². The Balaban J connectivity index is 2.89. The first kappa shape index (κ1) is 16.8.